The van der Waals surface area contributed by atoms with Crippen LogP contribution in [0.3, 0.4) is 0 Å². The number of hydrogen-bond acceptors (Lipinski definition) is 2. The molecule has 3 heteroatoms. The molecule has 0 atom stereocenters. The van der Waals surface area contributed by atoms with Gasteiger partial charge in [-0.3, -0.25) is 0 Å². The highest BCUT2D eigenvalue weighted by Gasteiger charge is 1.98. The maximum atomic E-state index is 5.89. The Bertz CT molecular complexity index is 471. The van der Waals surface area contributed by atoms with E-state index in [4.69, 9.17) is 11.6 Å². The van der Waals surface area contributed by atoms with Crippen LogP contribution in [-0.2, 0) is 6.54 Å². The van der Waals surface area contributed by atoms with Crippen molar-refractivity contribution in [2.45, 2.75) is 11.4 Å². The fraction of sp³-hybridized carbons (Fsp3) is 0.0769. The molecule has 0 fully saturated rings. The second kappa shape index (κ2) is 5.28. The Morgan fingerprint density at radius 3 is 2.50 bits per heavy atom. The van der Waals surface area contributed by atoms with Crippen LogP contribution in [0.4, 0.5) is 5.69 Å². The highest BCUT2D eigenvalue weighted by atomic mass is 35.5. The molecule has 2 rings (SSSR count). The van der Waals surface area contributed by atoms with Gasteiger partial charge in [0.05, 0.1) is 5.02 Å². The minimum absolute atomic E-state index is 0.675. The highest BCUT2D eigenvalue weighted by molar-refractivity contribution is 7.80. The molecule has 0 aromatic heterocycles. The van der Waals surface area contributed by atoms with Crippen LogP contribution in [0, 0.1) is 0 Å². The Morgan fingerprint density at radius 2 is 1.81 bits per heavy atom. The van der Waals surface area contributed by atoms with Gasteiger partial charge in [-0.2, -0.15) is 0 Å². The van der Waals surface area contributed by atoms with Crippen molar-refractivity contribution >= 4 is 29.9 Å². The summed E-state index contributed by atoms with van der Waals surface area (Å²) in [5.74, 6) is 0. The predicted octanol–water partition coefficient (Wildman–Crippen LogP) is 4.24. The summed E-state index contributed by atoms with van der Waals surface area (Å²) >= 11 is 10.2. The number of hydrogen-bond donors (Lipinski definition) is 2. The normalized spacial score (nSPS) is 10.1. The second-order valence-electron chi connectivity index (χ2n) is 3.51. The van der Waals surface area contributed by atoms with Gasteiger partial charge >= 0.3 is 0 Å². The molecule has 2 aromatic rings. The van der Waals surface area contributed by atoms with E-state index in [0.29, 0.717) is 5.02 Å². The number of anilines is 1. The van der Waals surface area contributed by atoms with E-state index in [1.54, 1.807) is 0 Å². The Labute approximate surface area is 106 Å². The molecular formula is C13H12ClNS. The standard InChI is InChI=1S/C13H12ClNS/c14-12-7-6-11(8-13(12)16)15-9-10-4-2-1-3-5-10/h1-8,15-16H,9H2. The smallest absolute Gasteiger partial charge is 0.0540 e. The van der Waals surface area contributed by atoms with Gasteiger partial charge in [-0.15, -0.1) is 12.6 Å². The van der Waals surface area contributed by atoms with Crippen LogP contribution in [0.15, 0.2) is 53.4 Å². The van der Waals surface area contributed by atoms with Crippen molar-refractivity contribution in [3.05, 3.63) is 59.1 Å². The molecule has 0 heterocycles. The average Bonchev–Trinajstić information content (AvgIpc) is 2.32. The second-order valence-corrected chi connectivity index (χ2v) is 4.39. The van der Waals surface area contributed by atoms with E-state index in [0.717, 1.165) is 17.1 Å². The van der Waals surface area contributed by atoms with E-state index in [1.165, 1.54) is 5.56 Å². The zero-order valence-corrected chi connectivity index (χ0v) is 10.3. The first-order valence-electron chi connectivity index (χ1n) is 5.02. The largest absolute Gasteiger partial charge is 0.381 e. The summed E-state index contributed by atoms with van der Waals surface area (Å²) in [6.07, 6.45) is 0. The Kier molecular flexibility index (Phi) is 3.75. The summed E-state index contributed by atoms with van der Waals surface area (Å²) in [5.41, 5.74) is 2.27. The summed E-state index contributed by atoms with van der Waals surface area (Å²) in [6.45, 7) is 0.801. The van der Waals surface area contributed by atoms with Gasteiger partial charge in [0.2, 0.25) is 0 Å². The molecule has 16 heavy (non-hydrogen) atoms. The van der Waals surface area contributed by atoms with E-state index in [9.17, 15) is 0 Å². The number of rotatable bonds is 3. The van der Waals surface area contributed by atoms with Gasteiger partial charge in [0, 0.05) is 17.1 Å². The third-order valence-electron chi connectivity index (χ3n) is 2.29. The van der Waals surface area contributed by atoms with Gasteiger partial charge < -0.3 is 5.32 Å². The molecule has 1 N–H and O–H groups in total. The third-order valence-corrected chi connectivity index (χ3v) is 3.12. The first kappa shape index (κ1) is 11.4. The fourth-order valence-electron chi connectivity index (χ4n) is 1.42. The van der Waals surface area contributed by atoms with Gasteiger partial charge in [0.1, 0.15) is 0 Å². The van der Waals surface area contributed by atoms with E-state index in [-0.39, 0.29) is 0 Å². The molecule has 0 unspecified atom stereocenters. The molecule has 0 aliphatic rings. The quantitative estimate of drug-likeness (QED) is 0.776. The van der Waals surface area contributed by atoms with Crippen molar-refractivity contribution in [1.82, 2.24) is 0 Å². The van der Waals surface area contributed by atoms with Crippen LogP contribution in [-0.4, -0.2) is 0 Å². The molecular weight excluding hydrogens is 238 g/mol. The molecule has 82 valence electrons. The lowest BCUT2D eigenvalue weighted by Gasteiger charge is -2.07. The summed E-state index contributed by atoms with van der Waals surface area (Å²) in [4.78, 5) is 0.791. The maximum absolute atomic E-state index is 5.89. The van der Waals surface area contributed by atoms with Crippen molar-refractivity contribution < 1.29 is 0 Å². The van der Waals surface area contributed by atoms with Crippen LogP contribution in [0.25, 0.3) is 0 Å². The molecule has 1 nitrogen and oxygen atoms in total. The van der Waals surface area contributed by atoms with Gasteiger partial charge in [-0.05, 0) is 23.8 Å². The lowest BCUT2D eigenvalue weighted by Crippen LogP contribution is -1.98. The molecule has 0 aliphatic carbocycles. The molecule has 0 spiro atoms. The topological polar surface area (TPSA) is 12.0 Å². The molecule has 0 aliphatic heterocycles. The van der Waals surface area contributed by atoms with E-state index in [1.807, 2.05) is 36.4 Å². The molecule has 2 aromatic carbocycles. The van der Waals surface area contributed by atoms with Crippen LogP contribution in [0.5, 0.6) is 0 Å². The minimum Gasteiger partial charge on any atom is -0.381 e. The van der Waals surface area contributed by atoms with Crippen molar-refractivity contribution in [2.24, 2.45) is 0 Å². The third kappa shape index (κ3) is 2.94. The average molecular weight is 250 g/mol. The zero-order valence-electron chi connectivity index (χ0n) is 8.65. The molecule has 0 saturated carbocycles. The SMILES string of the molecule is Sc1cc(NCc2ccccc2)ccc1Cl. The zero-order chi connectivity index (χ0) is 11.4. The Hall–Kier alpha value is -1.12. The van der Waals surface area contributed by atoms with Crippen LogP contribution in [0.1, 0.15) is 5.56 Å². The van der Waals surface area contributed by atoms with Crippen molar-refractivity contribution in [1.29, 1.82) is 0 Å². The number of halogens is 1. The van der Waals surface area contributed by atoms with Crippen LogP contribution >= 0.6 is 24.2 Å². The van der Waals surface area contributed by atoms with E-state index in [2.05, 4.69) is 30.1 Å². The van der Waals surface area contributed by atoms with Crippen LogP contribution < -0.4 is 5.32 Å². The van der Waals surface area contributed by atoms with Crippen molar-refractivity contribution in [3.63, 3.8) is 0 Å². The summed E-state index contributed by atoms with van der Waals surface area (Å²) in [6, 6.07) is 16.0. The molecule has 0 saturated heterocycles. The molecule has 0 amide bonds. The maximum Gasteiger partial charge on any atom is 0.0540 e. The first-order valence-corrected chi connectivity index (χ1v) is 5.84. The Balaban J connectivity index is 2.03. The lowest BCUT2D eigenvalue weighted by molar-refractivity contribution is 1.14. The van der Waals surface area contributed by atoms with E-state index >= 15 is 0 Å². The van der Waals surface area contributed by atoms with Gasteiger partial charge in [0.25, 0.3) is 0 Å². The lowest BCUT2D eigenvalue weighted by atomic mass is 10.2. The Morgan fingerprint density at radius 1 is 1.06 bits per heavy atom. The monoisotopic (exact) mass is 249 g/mol. The van der Waals surface area contributed by atoms with Crippen molar-refractivity contribution in [3.8, 4) is 0 Å². The first-order chi connectivity index (χ1) is 7.75. The minimum atomic E-state index is 0.675. The van der Waals surface area contributed by atoms with Crippen LogP contribution in [0.2, 0.25) is 5.02 Å². The van der Waals surface area contributed by atoms with Gasteiger partial charge in [0.15, 0.2) is 0 Å². The number of thiol groups is 1. The molecule has 0 radical (unpaired) electrons. The summed E-state index contributed by atoms with van der Waals surface area (Å²) in [5, 5.41) is 4.00. The summed E-state index contributed by atoms with van der Waals surface area (Å²) < 4.78 is 0. The number of nitrogens with one attached hydrogen (secondary N) is 1. The predicted molar refractivity (Wildman–Crippen MR) is 72.5 cm³/mol. The molecule has 0 bridgehead atoms. The van der Waals surface area contributed by atoms with Gasteiger partial charge in [-0.1, -0.05) is 41.9 Å². The highest BCUT2D eigenvalue weighted by Crippen LogP contribution is 2.23. The fourth-order valence-corrected chi connectivity index (χ4v) is 1.75. The van der Waals surface area contributed by atoms with Gasteiger partial charge in [-0.25, -0.2) is 0 Å². The summed E-state index contributed by atoms with van der Waals surface area (Å²) in [7, 11) is 0. The number of benzene rings is 2. The van der Waals surface area contributed by atoms with E-state index < -0.39 is 0 Å². The van der Waals surface area contributed by atoms with Crippen molar-refractivity contribution in [2.75, 3.05) is 5.32 Å².